The molecule has 0 fully saturated rings. The normalized spacial score (nSPS) is 12.9. The van der Waals surface area contributed by atoms with E-state index in [4.69, 9.17) is 17.7 Å². The van der Waals surface area contributed by atoms with Crippen molar-refractivity contribution in [3.05, 3.63) is 221 Å². The lowest BCUT2D eigenvalue weighted by Crippen LogP contribution is -2.52. The molecule has 89 heavy (non-hydrogen) atoms. The summed E-state index contributed by atoms with van der Waals surface area (Å²) in [5, 5.41) is 14.2. The molecule has 0 radical (unpaired) electrons. The number of ether oxygens (including phenoxy) is 2. The summed E-state index contributed by atoms with van der Waals surface area (Å²) in [4.78, 5) is 57.5. The summed E-state index contributed by atoms with van der Waals surface area (Å²) in [7, 11) is -6.82. The van der Waals surface area contributed by atoms with Crippen molar-refractivity contribution >= 4 is 93.8 Å². The molecule has 0 unspecified atom stereocenters. The van der Waals surface area contributed by atoms with Crippen molar-refractivity contribution in [1.82, 2.24) is 0 Å². The molecule has 4 N–H and O–H groups in total. The summed E-state index contributed by atoms with van der Waals surface area (Å²) in [5.41, 5.74) is 19.2. The van der Waals surface area contributed by atoms with Gasteiger partial charge in [0.2, 0.25) is 0 Å². The zero-order valence-electron chi connectivity index (χ0n) is 54.6. The summed E-state index contributed by atoms with van der Waals surface area (Å²) >= 11 is 0. The van der Waals surface area contributed by atoms with E-state index in [9.17, 15) is 19.2 Å². The van der Waals surface area contributed by atoms with Crippen molar-refractivity contribution in [1.29, 1.82) is 0 Å². The van der Waals surface area contributed by atoms with Crippen LogP contribution in [0.5, 0.6) is 11.5 Å². The maximum atomic E-state index is 14.4. The van der Waals surface area contributed by atoms with Crippen LogP contribution in [0.15, 0.2) is 121 Å². The first kappa shape index (κ1) is 63.8. The molecular weight excluding hydrogens is 1160 g/mol. The highest BCUT2D eigenvalue weighted by molar-refractivity contribution is 6.87. The second-order valence-corrected chi connectivity index (χ2v) is 38.6. The van der Waals surface area contributed by atoms with Crippen molar-refractivity contribution < 1.29 is 36.9 Å². The summed E-state index contributed by atoms with van der Waals surface area (Å²) < 4.78 is 26.8. The topological polar surface area (TPSA) is 153 Å². The first-order valence-corrected chi connectivity index (χ1v) is 40.0. The van der Waals surface area contributed by atoms with Gasteiger partial charge < -0.3 is 39.0 Å². The lowest BCUT2D eigenvalue weighted by Gasteiger charge is -2.38. The lowest BCUT2D eigenvalue weighted by atomic mass is 9.82. The molecule has 10 rings (SSSR count). The van der Waals surface area contributed by atoms with Gasteiger partial charge in [0.15, 0.2) is 39.8 Å². The summed E-state index contributed by atoms with van der Waals surface area (Å²) in [5.74, 6) is 0.767. The maximum absolute atomic E-state index is 14.4. The number of ketones is 4. The van der Waals surface area contributed by atoms with Gasteiger partial charge in [0.1, 0.15) is 11.5 Å². The van der Waals surface area contributed by atoms with E-state index in [1.54, 1.807) is 48.5 Å². The molecule has 0 saturated heterocycles. The van der Waals surface area contributed by atoms with E-state index in [1.165, 1.54) is 0 Å². The van der Waals surface area contributed by atoms with E-state index < -0.39 is 25.2 Å². The van der Waals surface area contributed by atoms with Crippen LogP contribution in [0.3, 0.4) is 0 Å². The van der Waals surface area contributed by atoms with E-state index in [1.807, 2.05) is 104 Å². The lowest BCUT2D eigenvalue weighted by molar-refractivity contribution is 0.0980. The largest absolute Gasteiger partial charge is 0.494 e. The fourth-order valence-corrected chi connectivity index (χ4v) is 27.4. The third kappa shape index (κ3) is 13.7. The van der Waals surface area contributed by atoms with Gasteiger partial charge in [0.05, 0.1) is 58.2 Å². The van der Waals surface area contributed by atoms with Crippen LogP contribution in [0.2, 0.25) is 51.4 Å². The number of aryl methyl sites for hydroxylation is 10. The molecule has 15 heteroatoms. The van der Waals surface area contributed by atoms with E-state index in [-0.39, 0.29) is 23.1 Å². The number of anilines is 8. The first-order valence-electron chi connectivity index (χ1n) is 30.9. The number of hydrogen-bond donors (Lipinski definition) is 4. The fraction of sp³-hybridized carbons (Fsp3) is 0.297. The van der Waals surface area contributed by atoms with Crippen LogP contribution in [-0.2, 0) is 8.23 Å². The molecule has 0 heterocycles. The van der Waals surface area contributed by atoms with Crippen LogP contribution in [0.4, 0.5) is 45.5 Å². The molecule has 0 aromatic heterocycles. The van der Waals surface area contributed by atoms with Gasteiger partial charge in [-0.3, -0.25) is 19.2 Å². The number of benzene rings is 8. The average molecular weight is 1240 g/mol. The van der Waals surface area contributed by atoms with E-state index in [0.717, 1.165) is 115 Å². The molecule has 8 aromatic rings. The Hall–Kier alpha value is -8.19. The summed E-state index contributed by atoms with van der Waals surface area (Å²) in [6.07, 6.45) is 1.66. The molecule has 12 nitrogen and oxygen atoms in total. The zero-order valence-corrected chi connectivity index (χ0v) is 57.6. The minimum Gasteiger partial charge on any atom is -0.494 e. The monoisotopic (exact) mass is 1240 g/mol. The third-order valence-electron chi connectivity index (χ3n) is 17.0. The van der Waals surface area contributed by atoms with Crippen LogP contribution >= 0.6 is 0 Å². The average Bonchev–Trinajstić information content (AvgIpc) is 0.782. The number of carbonyl (C=O) groups excluding carboxylic acids is 4. The van der Waals surface area contributed by atoms with Gasteiger partial charge in [-0.2, -0.15) is 0 Å². The molecule has 2 aliphatic carbocycles. The van der Waals surface area contributed by atoms with E-state index in [2.05, 4.69) is 98.7 Å². The Kier molecular flexibility index (Phi) is 18.2. The second-order valence-electron chi connectivity index (χ2n) is 26.2. The Bertz CT molecular complexity index is 3830. The van der Waals surface area contributed by atoms with Crippen LogP contribution in [0.25, 0.3) is 0 Å². The number of rotatable bonds is 22. The number of fused-ring (bicyclic) bond motifs is 4. The van der Waals surface area contributed by atoms with Crippen LogP contribution in [0.1, 0.15) is 132 Å². The van der Waals surface area contributed by atoms with Crippen LogP contribution in [0, 0.1) is 69.2 Å². The van der Waals surface area contributed by atoms with Gasteiger partial charge in [0.25, 0.3) is 0 Å². The predicted molar refractivity (Wildman–Crippen MR) is 370 cm³/mol. The van der Waals surface area contributed by atoms with Crippen molar-refractivity contribution in [3.8, 4) is 11.5 Å². The molecule has 0 saturated carbocycles. The molecule has 0 amide bonds. The van der Waals surface area contributed by atoms with Gasteiger partial charge in [-0.15, -0.1) is 0 Å². The summed E-state index contributed by atoms with van der Waals surface area (Å²) in [6, 6.07) is 40.1. The fourth-order valence-electron chi connectivity index (χ4n) is 13.4. The van der Waals surface area contributed by atoms with Crippen LogP contribution < -0.4 is 30.7 Å². The zero-order chi connectivity index (χ0) is 64.0. The number of carbonyl (C=O) groups is 4. The summed E-state index contributed by atoms with van der Waals surface area (Å²) in [6.45, 7) is 34.9. The Morgan fingerprint density at radius 2 is 0.573 bits per heavy atom. The van der Waals surface area contributed by atoms with Crippen molar-refractivity contribution in [2.24, 2.45) is 0 Å². The molecule has 0 atom stereocenters. The molecule has 0 spiro atoms. The second kappa shape index (κ2) is 25.4. The first-order chi connectivity index (χ1) is 42.1. The highest BCUT2D eigenvalue weighted by atomic mass is 28.5. The molecule has 2 aliphatic rings. The quantitative estimate of drug-likeness (QED) is 0.0377. The van der Waals surface area contributed by atoms with Crippen molar-refractivity contribution in [2.45, 2.75) is 133 Å². The minimum absolute atomic E-state index is 0.189. The third-order valence-corrected chi connectivity index (χ3v) is 28.5. The molecule has 8 aromatic carbocycles. The standard InChI is InChI=1S/C74H84N4O8Si3/c1-43-35-45(3)67(46(4)36-43)75-59-27-29-61(65-63(59)71(79)55-23-17-19-25-57(55)73(65)81)77-69-49(7)39-53(40-50(69)8)83-31-21-33-87(11,12)85-89(15,16)86-88(13,14)34-22-32-84-54-41-51(9)70(52(10)42-54)78-62-30-28-60(76-68-47(5)37-44(2)38-48(68)6)64-66(62)74(82)58-26-20-18-24-56(58)72(64)80/h17-20,23-30,35-42,75-78H,21-22,31-34H2,1-16H3. The molecule has 0 bridgehead atoms. The highest BCUT2D eigenvalue weighted by Gasteiger charge is 2.40. The Morgan fingerprint density at radius 3 is 0.820 bits per heavy atom. The van der Waals surface area contributed by atoms with Gasteiger partial charge in [-0.25, -0.2) is 0 Å². The molecular formula is C74H84N4O8Si3. The van der Waals surface area contributed by atoms with Crippen molar-refractivity contribution in [3.63, 3.8) is 0 Å². The van der Waals surface area contributed by atoms with Crippen LogP contribution in [-0.4, -0.2) is 61.5 Å². The maximum Gasteiger partial charge on any atom is 0.311 e. The number of nitrogens with one attached hydrogen (secondary N) is 4. The number of hydrogen-bond acceptors (Lipinski definition) is 12. The predicted octanol–water partition coefficient (Wildman–Crippen LogP) is 18.7. The smallest absolute Gasteiger partial charge is 0.311 e. The Morgan fingerprint density at radius 1 is 0.337 bits per heavy atom. The SMILES string of the molecule is Cc1cc(C)c(Nc2ccc(Nc3c(C)cc(OCCC[Si](C)(C)O[Si](C)(C)O[Si](C)(C)CCCOc4cc(C)c(Nc5ccc(Nc6c(C)cc(C)cc6C)c6c5C(=O)c5ccccc5C6=O)c(C)c4)cc3C)c3c2C(=O)c2ccccc2C3=O)c(C)c1. The van der Waals surface area contributed by atoms with Gasteiger partial charge >= 0.3 is 8.56 Å². The minimum atomic E-state index is -2.51. The molecule has 0 aliphatic heterocycles. The Balaban J connectivity index is 0.722. The van der Waals surface area contributed by atoms with Gasteiger partial charge in [-0.05, 0) is 226 Å². The highest BCUT2D eigenvalue weighted by Crippen LogP contribution is 2.44. The van der Waals surface area contributed by atoms with Gasteiger partial charge in [-0.1, -0.05) is 83.9 Å². The Labute approximate surface area is 528 Å². The van der Waals surface area contributed by atoms with Gasteiger partial charge in [0, 0.05) is 45.0 Å². The van der Waals surface area contributed by atoms with E-state index in [0.29, 0.717) is 80.5 Å². The van der Waals surface area contributed by atoms with Crippen molar-refractivity contribution in [2.75, 3.05) is 34.5 Å². The molecule has 460 valence electrons. The van der Waals surface area contributed by atoms with E-state index >= 15 is 0 Å².